The predicted octanol–water partition coefficient (Wildman–Crippen LogP) is 2.97. The lowest BCUT2D eigenvalue weighted by Gasteiger charge is -2.14. The molecule has 0 radical (unpaired) electrons. The fourth-order valence-corrected chi connectivity index (χ4v) is 3.17. The van der Waals surface area contributed by atoms with E-state index in [0.29, 0.717) is 23.5 Å². The minimum absolute atomic E-state index is 0.300. The van der Waals surface area contributed by atoms with Crippen molar-refractivity contribution in [2.75, 3.05) is 11.1 Å². The Morgan fingerprint density at radius 1 is 1.32 bits per heavy atom. The van der Waals surface area contributed by atoms with Crippen molar-refractivity contribution in [1.29, 1.82) is 0 Å². The zero-order chi connectivity index (χ0) is 17.6. The number of nitrogen functional groups attached to an aromatic ring is 1. The minimum atomic E-state index is -0.570. The van der Waals surface area contributed by atoms with Gasteiger partial charge in [0, 0.05) is 35.5 Å². The van der Waals surface area contributed by atoms with Gasteiger partial charge in [0.25, 0.3) is 0 Å². The Morgan fingerprint density at radius 3 is 2.84 bits per heavy atom. The van der Waals surface area contributed by atoms with Gasteiger partial charge in [-0.15, -0.1) is 0 Å². The molecule has 4 rings (SSSR count). The first-order valence-electron chi connectivity index (χ1n) is 8.45. The average Bonchev–Trinajstić information content (AvgIpc) is 3.32. The fraction of sp³-hybridized carbons (Fsp3) is 0.316. The van der Waals surface area contributed by atoms with Crippen LogP contribution in [0.2, 0.25) is 0 Å². The van der Waals surface area contributed by atoms with E-state index in [-0.39, 0.29) is 0 Å². The van der Waals surface area contributed by atoms with E-state index < -0.39 is 6.23 Å². The molecule has 0 amide bonds. The van der Waals surface area contributed by atoms with Crippen LogP contribution in [0.1, 0.15) is 18.9 Å². The summed E-state index contributed by atoms with van der Waals surface area (Å²) in [6.45, 7) is 4.16. The molecule has 0 saturated heterocycles. The number of aliphatic hydroxyl groups excluding tert-OH is 1. The van der Waals surface area contributed by atoms with Crippen molar-refractivity contribution in [2.24, 2.45) is 11.8 Å². The van der Waals surface area contributed by atoms with Crippen molar-refractivity contribution in [3.8, 4) is 11.3 Å². The fourth-order valence-electron chi connectivity index (χ4n) is 3.17. The molecule has 2 unspecified atom stereocenters. The maximum Gasteiger partial charge on any atom is 0.133 e. The van der Waals surface area contributed by atoms with Crippen LogP contribution in [0.3, 0.4) is 0 Å². The molecule has 6 heteroatoms. The van der Waals surface area contributed by atoms with Crippen molar-refractivity contribution in [3.05, 3.63) is 42.4 Å². The summed E-state index contributed by atoms with van der Waals surface area (Å²) in [6.07, 6.45) is 5.72. The molecule has 128 valence electrons. The van der Waals surface area contributed by atoms with Crippen LogP contribution < -0.4 is 11.1 Å². The van der Waals surface area contributed by atoms with Gasteiger partial charge in [0.2, 0.25) is 0 Å². The molecule has 3 aromatic rings. The zero-order valence-corrected chi connectivity index (χ0v) is 14.3. The molecular weight excluding hydrogens is 314 g/mol. The van der Waals surface area contributed by atoms with E-state index in [1.165, 1.54) is 0 Å². The highest BCUT2D eigenvalue weighted by molar-refractivity contribution is 5.94. The number of nitrogens with one attached hydrogen (secondary N) is 1. The van der Waals surface area contributed by atoms with Gasteiger partial charge in [-0.05, 0) is 48.4 Å². The Kier molecular flexibility index (Phi) is 3.77. The van der Waals surface area contributed by atoms with Crippen LogP contribution in [0.15, 0.2) is 36.8 Å². The van der Waals surface area contributed by atoms with Crippen molar-refractivity contribution in [1.82, 2.24) is 15.0 Å². The van der Waals surface area contributed by atoms with Crippen LogP contribution in [0.5, 0.6) is 0 Å². The molecule has 0 spiro atoms. The van der Waals surface area contributed by atoms with E-state index >= 15 is 0 Å². The minimum Gasteiger partial charge on any atom is -0.383 e. The Morgan fingerprint density at radius 2 is 2.12 bits per heavy atom. The second-order valence-corrected chi connectivity index (χ2v) is 6.84. The van der Waals surface area contributed by atoms with Gasteiger partial charge in [-0.3, -0.25) is 4.98 Å². The number of aromatic nitrogens is 3. The van der Waals surface area contributed by atoms with Gasteiger partial charge in [0.1, 0.15) is 17.9 Å². The molecule has 3 heterocycles. The summed E-state index contributed by atoms with van der Waals surface area (Å²) in [5, 5.41) is 15.0. The summed E-state index contributed by atoms with van der Waals surface area (Å²) in [5.74, 6) is 1.93. The quantitative estimate of drug-likeness (QED) is 0.634. The third-order valence-electron chi connectivity index (χ3n) is 4.93. The van der Waals surface area contributed by atoms with Gasteiger partial charge < -0.3 is 16.2 Å². The molecular formula is C19H21N5O. The number of pyridine rings is 3. The molecule has 1 aliphatic rings. The summed E-state index contributed by atoms with van der Waals surface area (Å²) in [4.78, 5) is 13.0. The molecule has 25 heavy (non-hydrogen) atoms. The number of nitrogens with two attached hydrogens (primary N) is 1. The zero-order valence-electron chi connectivity index (χ0n) is 14.3. The smallest absolute Gasteiger partial charge is 0.133 e. The number of aryl methyl sites for hydroxylation is 1. The normalized spacial score (nSPS) is 20.4. The lowest BCUT2D eigenvalue weighted by Crippen LogP contribution is -2.22. The summed E-state index contributed by atoms with van der Waals surface area (Å²) in [7, 11) is 0. The lowest BCUT2D eigenvalue weighted by molar-refractivity contribution is 0.174. The molecule has 0 aromatic carbocycles. The van der Waals surface area contributed by atoms with Gasteiger partial charge in [-0.25, -0.2) is 9.97 Å². The number of hydrogen-bond donors (Lipinski definition) is 3. The lowest BCUT2D eigenvalue weighted by atomic mass is 10.1. The topological polar surface area (TPSA) is 97.0 Å². The number of fused-ring (bicyclic) bond motifs is 1. The molecule has 0 aliphatic heterocycles. The molecule has 3 atom stereocenters. The summed E-state index contributed by atoms with van der Waals surface area (Å²) in [6, 6.07) is 5.83. The number of aliphatic hydroxyl groups is 1. The standard InChI is InChI=1S/C19H21N5O/c1-10-3-4-21-8-14(10)16-6-12-7-17(22-9-15(12)18(20)23-16)24-19(25)13-5-11(13)2/h3-4,6-9,11,13,19,25H,5H2,1-2H3,(H2,20,23)(H,22,24)/t11-,13?,19?/m1/s1. The SMILES string of the molecule is Cc1ccncc1-c1cc2cc(NC(O)C3C[C@H]3C)ncc2c(N)n1. The third-order valence-corrected chi connectivity index (χ3v) is 4.93. The molecule has 1 fully saturated rings. The first-order chi connectivity index (χ1) is 12.0. The maximum absolute atomic E-state index is 10.2. The summed E-state index contributed by atoms with van der Waals surface area (Å²) < 4.78 is 0. The van der Waals surface area contributed by atoms with Crippen LogP contribution in [-0.2, 0) is 0 Å². The van der Waals surface area contributed by atoms with Gasteiger partial charge in [-0.1, -0.05) is 6.92 Å². The largest absolute Gasteiger partial charge is 0.383 e. The number of hydrogen-bond acceptors (Lipinski definition) is 6. The summed E-state index contributed by atoms with van der Waals surface area (Å²) in [5.41, 5.74) is 8.96. The van der Waals surface area contributed by atoms with Crippen LogP contribution >= 0.6 is 0 Å². The number of nitrogens with zero attached hydrogens (tertiary/aromatic N) is 3. The van der Waals surface area contributed by atoms with Crippen molar-refractivity contribution < 1.29 is 5.11 Å². The monoisotopic (exact) mass is 335 g/mol. The second-order valence-electron chi connectivity index (χ2n) is 6.84. The Hall–Kier alpha value is -2.73. The van der Waals surface area contributed by atoms with E-state index in [9.17, 15) is 5.11 Å². The molecule has 6 nitrogen and oxygen atoms in total. The van der Waals surface area contributed by atoms with Crippen molar-refractivity contribution >= 4 is 22.4 Å². The van der Waals surface area contributed by atoms with E-state index in [1.54, 1.807) is 18.6 Å². The van der Waals surface area contributed by atoms with E-state index in [2.05, 4.69) is 27.2 Å². The Balaban J connectivity index is 1.72. The van der Waals surface area contributed by atoms with Crippen molar-refractivity contribution in [3.63, 3.8) is 0 Å². The van der Waals surface area contributed by atoms with Gasteiger partial charge in [0.15, 0.2) is 0 Å². The number of anilines is 2. The van der Waals surface area contributed by atoms with Crippen LogP contribution in [-0.4, -0.2) is 26.3 Å². The maximum atomic E-state index is 10.2. The Bertz CT molecular complexity index is 942. The third kappa shape index (κ3) is 3.00. The van der Waals surface area contributed by atoms with Crippen LogP contribution in [0, 0.1) is 18.8 Å². The molecule has 4 N–H and O–H groups in total. The number of rotatable bonds is 4. The van der Waals surface area contributed by atoms with Crippen molar-refractivity contribution in [2.45, 2.75) is 26.5 Å². The molecule has 1 saturated carbocycles. The average molecular weight is 335 g/mol. The van der Waals surface area contributed by atoms with Gasteiger partial charge >= 0.3 is 0 Å². The van der Waals surface area contributed by atoms with Crippen LogP contribution in [0.25, 0.3) is 22.0 Å². The Labute approximate surface area is 146 Å². The van der Waals surface area contributed by atoms with E-state index in [1.807, 2.05) is 25.1 Å². The molecule has 0 bridgehead atoms. The molecule has 1 aliphatic carbocycles. The predicted molar refractivity (Wildman–Crippen MR) is 98.8 cm³/mol. The first kappa shape index (κ1) is 15.8. The van der Waals surface area contributed by atoms with Gasteiger partial charge in [0.05, 0.1) is 5.69 Å². The van der Waals surface area contributed by atoms with E-state index in [0.717, 1.165) is 34.0 Å². The highest BCUT2D eigenvalue weighted by Crippen LogP contribution is 2.40. The summed E-state index contributed by atoms with van der Waals surface area (Å²) >= 11 is 0. The molecule has 3 aromatic heterocycles. The van der Waals surface area contributed by atoms with E-state index in [4.69, 9.17) is 5.73 Å². The highest BCUT2D eigenvalue weighted by atomic mass is 16.3. The first-order valence-corrected chi connectivity index (χ1v) is 8.45. The van der Waals surface area contributed by atoms with Crippen LogP contribution in [0.4, 0.5) is 11.6 Å². The highest BCUT2D eigenvalue weighted by Gasteiger charge is 2.38. The van der Waals surface area contributed by atoms with Gasteiger partial charge in [-0.2, -0.15) is 0 Å². The second kappa shape index (κ2) is 5.97.